The predicted molar refractivity (Wildman–Crippen MR) is 61.1 cm³/mol. The fourth-order valence-electron chi connectivity index (χ4n) is 2.16. The molecule has 0 aromatic heterocycles. The van der Waals surface area contributed by atoms with Gasteiger partial charge in [-0.1, -0.05) is 31.2 Å². The Labute approximate surface area is 90.7 Å². The zero-order valence-electron chi connectivity index (χ0n) is 9.34. The molecule has 1 aliphatic rings. The number of nitrogens with one attached hydrogen (secondary N) is 1. The van der Waals surface area contributed by atoms with Crippen molar-refractivity contribution in [3.8, 4) is 0 Å². The molecular weight excluding hydrogens is 186 g/mol. The Morgan fingerprint density at radius 1 is 1.40 bits per heavy atom. The first kappa shape index (κ1) is 10.4. The fourth-order valence-corrected chi connectivity index (χ4v) is 2.16. The monoisotopic (exact) mass is 203 g/mol. The summed E-state index contributed by atoms with van der Waals surface area (Å²) in [5, 5.41) is 3.26. The van der Waals surface area contributed by atoms with Gasteiger partial charge in [0.15, 0.2) is 5.78 Å². The largest absolute Gasteiger partial charge is 0.316 e. The van der Waals surface area contributed by atoms with E-state index in [-0.39, 0.29) is 11.2 Å². The topological polar surface area (TPSA) is 29.1 Å². The molecule has 2 heteroatoms. The van der Waals surface area contributed by atoms with E-state index in [0.717, 1.165) is 30.6 Å². The first-order valence-corrected chi connectivity index (χ1v) is 5.45. The summed E-state index contributed by atoms with van der Waals surface area (Å²) in [5.41, 5.74) is 1.76. The normalized spacial score (nSPS) is 25.5. The summed E-state index contributed by atoms with van der Waals surface area (Å²) < 4.78 is 0. The van der Waals surface area contributed by atoms with Crippen molar-refractivity contribution in [3.05, 3.63) is 35.4 Å². The van der Waals surface area contributed by atoms with Crippen LogP contribution in [0.15, 0.2) is 24.3 Å². The van der Waals surface area contributed by atoms with Gasteiger partial charge < -0.3 is 5.32 Å². The van der Waals surface area contributed by atoms with E-state index in [1.165, 1.54) is 0 Å². The lowest BCUT2D eigenvalue weighted by Gasteiger charge is -2.21. The van der Waals surface area contributed by atoms with Gasteiger partial charge in [0.1, 0.15) is 0 Å². The third kappa shape index (κ3) is 1.82. The molecule has 0 amide bonds. The highest BCUT2D eigenvalue weighted by Crippen LogP contribution is 2.30. The molecule has 1 heterocycles. The lowest BCUT2D eigenvalue weighted by atomic mass is 9.80. The molecule has 0 aliphatic carbocycles. The van der Waals surface area contributed by atoms with Gasteiger partial charge in [0.25, 0.3) is 0 Å². The molecule has 1 atom stereocenters. The molecule has 15 heavy (non-hydrogen) atoms. The van der Waals surface area contributed by atoms with E-state index >= 15 is 0 Å². The van der Waals surface area contributed by atoms with Crippen molar-refractivity contribution >= 4 is 5.78 Å². The molecule has 1 unspecified atom stereocenters. The minimum Gasteiger partial charge on any atom is -0.316 e. The van der Waals surface area contributed by atoms with Crippen LogP contribution in [0.3, 0.4) is 0 Å². The highest BCUT2D eigenvalue weighted by molar-refractivity contribution is 6.01. The molecule has 1 aromatic rings. The van der Waals surface area contributed by atoms with Gasteiger partial charge in [0.05, 0.1) is 0 Å². The van der Waals surface area contributed by atoms with Gasteiger partial charge in [-0.15, -0.1) is 0 Å². The van der Waals surface area contributed by atoms with E-state index in [2.05, 4.69) is 12.2 Å². The van der Waals surface area contributed by atoms with Gasteiger partial charge in [-0.3, -0.25) is 4.79 Å². The Balaban J connectivity index is 2.32. The quantitative estimate of drug-likeness (QED) is 0.746. The van der Waals surface area contributed by atoms with Crippen molar-refractivity contribution in [1.29, 1.82) is 0 Å². The number of ketones is 1. The summed E-state index contributed by atoms with van der Waals surface area (Å²) in [6.45, 7) is 5.81. The van der Waals surface area contributed by atoms with Crippen molar-refractivity contribution in [3.63, 3.8) is 0 Å². The molecule has 1 N–H and O–H groups in total. The number of carbonyl (C=O) groups is 1. The van der Waals surface area contributed by atoms with Crippen LogP contribution in [0.1, 0.15) is 29.3 Å². The van der Waals surface area contributed by atoms with Gasteiger partial charge in [0.2, 0.25) is 0 Å². The van der Waals surface area contributed by atoms with Crippen LogP contribution in [0.4, 0.5) is 0 Å². The van der Waals surface area contributed by atoms with Gasteiger partial charge in [0, 0.05) is 17.5 Å². The van der Waals surface area contributed by atoms with Crippen LogP contribution < -0.4 is 5.32 Å². The summed E-state index contributed by atoms with van der Waals surface area (Å²) in [7, 11) is 0. The molecule has 0 bridgehead atoms. The number of hydrogen-bond acceptors (Lipinski definition) is 2. The Kier molecular flexibility index (Phi) is 2.61. The van der Waals surface area contributed by atoms with Crippen molar-refractivity contribution < 1.29 is 4.79 Å². The average Bonchev–Trinajstić information content (AvgIpc) is 2.66. The number of Topliss-reactive ketones (excluding diaryl/α,β-unsaturated/α-hetero) is 1. The van der Waals surface area contributed by atoms with E-state index in [1.54, 1.807) is 0 Å². The van der Waals surface area contributed by atoms with Crippen LogP contribution in [0.25, 0.3) is 0 Å². The van der Waals surface area contributed by atoms with Gasteiger partial charge in [-0.25, -0.2) is 0 Å². The first-order chi connectivity index (χ1) is 7.13. The lowest BCUT2D eigenvalue weighted by Crippen LogP contribution is -2.30. The average molecular weight is 203 g/mol. The van der Waals surface area contributed by atoms with Gasteiger partial charge in [-0.05, 0) is 25.5 Å². The Bertz CT molecular complexity index is 378. The summed E-state index contributed by atoms with van der Waals surface area (Å²) >= 11 is 0. The van der Waals surface area contributed by atoms with Crippen molar-refractivity contribution in [2.24, 2.45) is 5.41 Å². The summed E-state index contributed by atoms with van der Waals surface area (Å²) in [4.78, 5) is 12.3. The van der Waals surface area contributed by atoms with Gasteiger partial charge >= 0.3 is 0 Å². The summed E-state index contributed by atoms with van der Waals surface area (Å²) in [6.07, 6.45) is 0.945. The first-order valence-electron chi connectivity index (χ1n) is 5.45. The molecule has 1 aromatic carbocycles. The molecule has 1 aliphatic heterocycles. The minimum atomic E-state index is -0.202. The maximum absolute atomic E-state index is 12.3. The molecule has 0 radical (unpaired) electrons. The molecule has 1 saturated heterocycles. The lowest BCUT2D eigenvalue weighted by molar-refractivity contribution is 0.0839. The smallest absolute Gasteiger partial charge is 0.170 e. The Morgan fingerprint density at radius 2 is 2.13 bits per heavy atom. The van der Waals surface area contributed by atoms with E-state index in [4.69, 9.17) is 0 Å². The number of aryl methyl sites for hydroxylation is 1. The molecular formula is C13H17NO. The maximum Gasteiger partial charge on any atom is 0.170 e. The van der Waals surface area contributed by atoms with Crippen molar-refractivity contribution in [1.82, 2.24) is 5.32 Å². The number of carbonyl (C=O) groups excluding carboxylic acids is 1. The Morgan fingerprint density at radius 3 is 2.73 bits per heavy atom. The zero-order valence-corrected chi connectivity index (χ0v) is 9.34. The van der Waals surface area contributed by atoms with Crippen molar-refractivity contribution in [2.75, 3.05) is 13.1 Å². The van der Waals surface area contributed by atoms with Crippen LogP contribution in [0, 0.1) is 12.3 Å². The van der Waals surface area contributed by atoms with Crippen LogP contribution in [0.2, 0.25) is 0 Å². The van der Waals surface area contributed by atoms with Crippen LogP contribution >= 0.6 is 0 Å². The standard InChI is InChI=1S/C13H17NO/c1-10-5-3-4-6-11(10)12(15)13(2)7-8-14-9-13/h3-6,14H,7-9H2,1-2H3. The molecule has 0 saturated carbocycles. The van der Waals surface area contributed by atoms with E-state index in [1.807, 2.05) is 31.2 Å². The molecule has 1 fully saturated rings. The number of hydrogen-bond donors (Lipinski definition) is 1. The van der Waals surface area contributed by atoms with Crippen LogP contribution in [0.5, 0.6) is 0 Å². The van der Waals surface area contributed by atoms with E-state index in [0.29, 0.717) is 0 Å². The van der Waals surface area contributed by atoms with Crippen molar-refractivity contribution in [2.45, 2.75) is 20.3 Å². The molecule has 0 spiro atoms. The van der Waals surface area contributed by atoms with Crippen LogP contribution in [-0.2, 0) is 0 Å². The molecule has 2 rings (SSSR count). The predicted octanol–water partition coefficient (Wildman–Crippen LogP) is 2.18. The second kappa shape index (κ2) is 3.78. The van der Waals surface area contributed by atoms with Gasteiger partial charge in [-0.2, -0.15) is 0 Å². The third-order valence-electron chi connectivity index (χ3n) is 3.31. The fraction of sp³-hybridized carbons (Fsp3) is 0.462. The van der Waals surface area contributed by atoms with E-state index in [9.17, 15) is 4.79 Å². The summed E-state index contributed by atoms with van der Waals surface area (Å²) in [6, 6.07) is 7.84. The highest BCUT2D eigenvalue weighted by Gasteiger charge is 2.36. The number of benzene rings is 1. The van der Waals surface area contributed by atoms with E-state index < -0.39 is 0 Å². The zero-order chi connectivity index (χ0) is 10.9. The minimum absolute atomic E-state index is 0.202. The SMILES string of the molecule is Cc1ccccc1C(=O)C1(C)CCNC1. The second-order valence-corrected chi connectivity index (χ2v) is 4.63. The maximum atomic E-state index is 12.3. The summed E-state index contributed by atoms with van der Waals surface area (Å²) in [5.74, 6) is 0.283. The Hall–Kier alpha value is -1.15. The molecule has 2 nitrogen and oxygen atoms in total. The molecule has 80 valence electrons. The third-order valence-corrected chi connectivity index (χ3v) is 3.31. The second-order valence-electron chi connectivity index (χ2n) is 4.63. The van der Waals surface area contributed by atoms with Crippen LogP contribution in [-0.4, -0.2) is 18.9 Å². The highest BCUT2D eigenvalue weighted by atomic mass is 16.1. The number of rotatable bonds is 2.